The van der Waals surface area contributed by atoms with Gasteiger partial charge in [0, 0.05) is 32.0 Å². The molecule has 1 aliphatic rings. The molecule has 264 valence electrons. The number of hydrogen-bond donors (Lipinski definition) is 0. The summed E-state index contributed by atoms with van der Waals surface area (Å²) in [5, 5.41) is -0.162. The Kier molecular flexibility index (Phi) is 11.6. The van der Waals surface area contributed by atoms with E-state index in [0.717, 1.165) is 48.4 Å². The summed E-state index contributed by atoms with van der Waals surface area (Å²) in [6.07, 6.45) is 4.42. The van der Waals surface area contributed by atoms with E-state index in [0.29, 0.717) is 46.6 Å². The van der Waals surface area contributed by atoms with E-state index < -0.39 is 52.2 Å². The Morgan fingerprint density at radius 3 is 1.16 bits per heavy atom. The zero-order valence-corrected chi connectivity index (χ0v) is 29.8. The molecule has 0 aliphatic heterocycles. The van der Waals surface area contributed by atoms with Crippen LogP contribution in [-0.2, 0) is 0 Å². The summed E-state index contributed by atoms with van der Waals surface area (Å²) in [7, 11) is 0. The first kappa shape index (κ1) is 37.0. The smallest absolute Gasteiger partial charge is 0.380 e. The van der Waals surface area contributed by atoms with E-state index in [1.165, 1.54) is 12.1 Å². The second-order valence-corrected chi connectivity index (χ2v) is 14.5. The van der Waals surface area contributed by atoms with Crippen molar-refractivity contribution >= 4 is 33.8 Å². The fourth-order valence-corrected chi connectivity index (χ4v) is 8.48. The van der Waals surface area contributed by atoms with Gasteiger partial charge < -0.3 is 9.47 Å². The normalized spacial score (nSPS) is 16.6. The lowest BCUT2D eigenvalue weighted by molar-refractivity contribution is -0.254. The van der Waals surface area contributed by atoms with E-state index >= 15 is 26.3 Å². The molecule has 5 rings (SSSR count). The molecule has 10 heteroatoms. The Labute approximate surface area is 292 Å². The molecule has 0 N–H and O–H groups in total. The standard InChI is InChI=1S/C39H42F6O2S2/c1-5-15-27(16-6-2)46-35-29(23-31(48-35)25-19-11-9-12-20-25)33-34(38(42,43)39(44,45)37(33,40)41)30-24-32(26-21-13-10-14-22-26)49-36(30)47-28(17-7-3)18-8-4/h9-14,19-24,27-28H,5-8,15-18H2,1-4H3. The minimum Gasteiger partial charge on any atom is -0.480 e. The number of rotatable bonds is 16. The van der Waals surface area contributed by atoms with Gasteiger partial charge >= 0.3 is 17.8 Å². The van der Waals surface area contributed by atoms with Gasteiger partial charge in [0.1, 0.15) is 0 Å². The van der Waals surface area contributed by atoms with Crippen molar-refractivity contribution in [2.45, 2.75) is 109 Å². The molecule has 49 heavy (non-hydrogen) atoms. The molecule has 2 aromatic carbocycles. The van der Waals surface area contributed by atoms with Crippen molar-refractivity contribution in [1.82, 2.24) is 0 Å². The lowest BCUT2D eigenvalue weighted by Gasteiger charge is -2.26. The number of halogens is 6. The Morgan fingerprint density at radius 2 is 0.857 bits per heavy atom. The molecule has 0 amide bonds. The molecule has 0 saturated heterocycles. The van der Waals surface area contributed by atoms with Crippen molar-refractivity contribution in [2.24, 2.45) is 0 Å². The summed E-state index contributed by atoms with van der Waals surface area (Å²) in [5.41, 5.74) is -2.49. The molecule has 0 spiro atoms. The lowest BCUT2D eigenvalue weighted by atomic mass is 9.96. The van der Waals surface area contributed by atoms with Gasteiger partial charge in [-0.3, -0.25) is 0 Å². The highest BCUT2D eigenvalue weighted by atomic mass is 32.1. The predicted octanol–water partition coefficient (Wildman–Crippen LogP) is 13.7. The SMILES string of the molecule is CCCC(CCC)Oc1sc(-c2ccccc2)cc1C1=C(c2cc(-c3ccccc3)sc2OC(CCC)CCC)C(F)(F)C(F)(F)C1(F)F. The van der Waals surface area contributed by atoms with Gasteiger partial charge in [0.25, 0.3) is 0 Å². The van der Waals surface area contributed by atoms with E-state index in [1.807, 2.05) is 27.7 Å². The second kappa shape index (κ2) is 15.3. The molecule has 0 fully saturated rings. The van der Waals surface area contributed by atoms with Crippen molar-refractivity contribution in [3.8, 4) is 31.0 Å². The van der Waals surface area contributed by atoms with E-state index in [9.17, 15) is 0 Å². The topological polar surface area (TPSA) is 18.5 Å². The van der Waals surface area contributed by atoms with Gasteiger partial charge in [-0.1, -0.05) is 137 Å². The number of alkyl halides is 6. The van der Waals surface area contributed by atoms with Crippen LogP contribution in [0.15, 0.2) is 72.8 Å². The monoisotopic (exact) mass is 720 g/mol. The van der Waals surface area contributed by atoms with Gasteiger partial charge in [-0.05, 0) is 48.9 Å². The minimum absolute atomic E-state index is 0.0812. The van der Waals surface area contributed by atoms with Crippen molar-refractivity contribution in [2.75, 3.05) is 0 Å². The zero-order chi connectivity index (χ0) is 35.4. The molecule has 4 aromatic rings. The molecule has 0 bridgehead atoms. The third-order valence-electron chi connectivity index (χ3n) is 8.71. The predicted molar refractivity (Wildman–Crippen MR) is 190 cm³/mol. The summed E-state index contributed by atoms with van der Waals surface area (Å²) in [6.45, 7) is 7.82. The first-order chi connectivity index (χ1) is 23.4. The summed E-state index contributed by atoms with van der Waals surface area (Å²) in [5.74, 6) is -16.2. The maximum absolute atomic E-state index is 16.3. The van der Waals surface area contributed by atoms with Crippen molar-refractivity contribution in [1.29, 1.82) is 0 Å². The highest BCUT2D eigenvalue weighted by Crippen LogP contribution is 2.67. The zero-order valence-electron chi connectivity index (χ0n) is 28.1. The van der Waals surface area contributed by atoms with Crippen LogP contribution < -0.4 is 9.47 Å². The van der Waals surface area contributed by atoms with Crippen LogP contribution in [0.3, 0.4) is 0 Å². The van der Waals surface area contributed by atoms with E-state index in [4.69, 9.17) is 9.47 Å². The highest BCUT2D eigenvalue weighted by molar-refractivity contribution is 7.18. The van der Waals surface area contributed by atoms with Gasteiger partial charge in [-0.2, -0.15) is 26.3 Å². The van der Waals surface area contributed by atoms with Gasteiger partial charge in [0.2, 0.25) is 0 Å². The molecule has 0 unspecified atom stereocenters. The molecular weight excluding hydrogens is 679 g/mol. The molecule has 0 atom stereocenters. The van der Waals surface area contributed by atoms with E-state index in [2.05, 4.69) is 0 Å². The number of ether oxygens (including phenoxy) is 2. The highest BCUT2D eigenvalue weighted by Gasteiger charge is 2.80. The summed E-state index contributed by atoms with van der Waals surface area (Å²) >= 11 is 2.00. The fourth-order valence-electron chi connectivity index (χ4n) is 6.31. The van der Waals surface area contributed by atoms with Crippen molar-refractivity contribution in [3.63, 3.8) is 0 Å². The summed E-state index contributed by atoms with van der Waals surface area (Å²) < 4.78 is 109. The first-order valence-electron chi connectivity index (χ1n) is 17.0. The molecular formula is C39H42F6O2S2. The van der Waals surface area contributed by atoms with Crippen LogP contribution in [0, 0.1) is 0 Å². The van der Waals surface area contributed by atoms with Gasteiger partial charge in [0.05, 0.1) is 12.2 Å². The van der Waals surface area contributed by atoms with Crippen LogP contribution >= 0.6 is 22.7 Å². The van der Waals surface area contributed by atoms with Crippen LogP contribution in [-0.4, -0.2) is 30.0 Å². The first-order valence-corrected chi connectivity index (χ1v) is 18.7. The molecule has 0 radical (unpaired) electrons. The van der Waals surface area contributed by atoms with Crippen LogP contribution in [0.2, 0.25) is 0 Å². The van der Waals surface area contributed by atoms with Gasteiger partial charge in [0.15, 0.2) is 10.1 Å². The molecule has 2 heterocycles. The Morgan fingerprint density at radius 1 is 0.531 bits per heavy atom. The summed E-state index contributed by atoms with van der Waals surface area (Å²) in [6, 6.07) is 20.2. The molecule has 2 aromatic heterocycles. The third kappa shape index (κ3) is 7.18. The quantitative estimate of drug-likeness (QED) is 0.107. The third-order valence-corrected chi connectivity index (χ3v) is 10.9. The van der Waals surface area contributed by atoms with Gasteiger partial charge in [-0.25, -0.2) is 0 Å². The molecule has 0 saturated carbocycles. The molecule has 2 nitrogen and oxygen atoms in total. The second-order valence-electron chi connectivity index (χ2n) is 12.5. The number of hydrogen-bond acceptors (Lipinski definition) is 4. The average molecular weight is 721 g/mol. The van der Waals surface area contributed by atoms with Crippen molar-refractivity contribution < 1.29 is 35.8 Å². The minimum atomic E-state index is -5.72. The maximum atomic E-state index is 16.3. The lowest BCUT2D eigenvalue weighted by Crippen LogP contribution is -2.48. The van der Waals surface area contributed by atoms with E-state index in [1.54, 1.807) is 60.7 Å². The van der Waals surface area contributed by atoms with Crippen molar-refractivity contribution in [3.05, 3.63) is 83.9 Å². The number of benzene rings is 2. The number of thiophene rings is 2. The van der Waals surface area contributed by atoms with Crippen LogP contribution in [0.5, 0.6) is 10.1 Å². The van der Waals surface area contributed by atoms with Gasteiger partial charge in [-0.15, -0.1) is 0 Å². The summed E-state index contributed by atoms with van der Waals surface area (Å²) in [4.78, 5) is 0.882. The maximum Gasteiger partial charge on any atom is 0.380 e. The largest absolute Gasteiger partial charge is 0.480 e. The fraction of sp³-hybridized carbons (Fsp3) is 0.436. The van der Waals surface area contributed by atoms with Crippen LogP contribution in [0.1, 0.15) is 90.2 Å². The van der Waals surface area contributed by atoms with E-state index in [-0.39, 0.29) is 10.1 Å². The average Bonchev–Trinajstić information content (AvgIpc) is 3.70. The van der Waals surface area contributed by atoms with Crippen LogP contribution in [0.4, 0.5) is 26.3 Å². The number of allylic oxidation sites excluding steroid dienone is 2. The molecule has 1 aliphatic carbocycles. The van der Waals surface area contributed by atoms with Crippen LogP contribution in [0.25, 0.3) is 32.0 Å². The Bertz CT molecular complexity index is 1580. The Hall–Kier alpha value is -3.24. The Balaban J connectivity index is 1.82.